The van der Waals surface area contributed by atoms with Crippen LogP contribution in [0.25, 0.3) is 0 Å². The second-order valence-electron chi connectivity index (χ2n) is 5.31. The van der Waals surface area contributed by atoms with Crippen LogP contribution in [0.3, 0.4) is 0 Å². The lowest BCUT2D eigenvalue weighted by molar-refractivity contribution is -0.144. The molecule has 0 saturated carbocycles. The molecule has 4 nitrogen and oxygen atoms in total. The molecule has 1 aromatic rings. The maximum Gasteiger partial charge on any atom is 0.320 e. The number of carbonyl (C=O) groups is 1. The van der Waals surface area contributed by atoms with E-state index in [1.807, 2.05) is 24.3 Å². The van der Waals surface area contributed by atoms with Crippen molar-refractivity contribution in [1.82, 2.24) is 4.90 Å². The highest BCUT2D eigenvalue weighted by Gasteiger charge is 2.28. The van der Waals surface area contributed by atoms with Gasteiger partial charge in [0, 0.05) is 6.54 Å². The molecule has 0 amide bonds. The maximum absolute atomic E-state index is 11.3. The molecule has 0 spiro atoms. The summed E-state index contributed by atoms with van der Waals surface area (Å²) in [5, 5.41) is 9.27. The van der Waals surface area contributed by atoms with Crippen molar-refractivity contribution in [3.05, 3.63) is 29.8 Å². The van der Waals surface area contributed by atoms with E-state index in [2.05, 4.69) is 11.8 Å². The zero-order valence-corrected chi connectivity index (χ0v) is 12.0. The van der Waals surface area contributed by atoms with Crippen LogP contribution in [0, 0.1) is 0 Å². The lowest BCUT2D eigenvalue weighted by Crippen LogP contribution is -2.43. The van der Waals surface area contributed by atoms with Gasteiger partial charge in [-0.25, -0.2) is 0 Å². The second kappa shape index (κ2) is 7.29. The number of carboxylic acid groups (broad SMARTS) is 1. The average Bonchev–Trinajstić information content (AvgIpc) is 2.47. The molecule has 1 atom stereocenters. The summed E-state index contributed by atoms with van der Waals surface area (Å²) in [6, 6.07) is 7.65. The monoisotopic (exact) mass is 277 g/mol. The number of ether oxygens (including phenoxy) is 1. The molecule has 0 radical (unpaired) electrons. The lowest BCUT2D eigenvalue weighted by atomic mass is 10.0. The number of likely N-dealkylation sites (tertiary alicyclic amines) is 1. The summed E-state index contributed by atoms with van der Waals surface area (Å²) in [6.07, 6.45) is 3.85. The summed E-state index contributed by atoms with van der Waals surface area (Å²) in [5.74, 6) is 0.177. The Kier molecular flexibility index (Phi) is 5.41. The van der Waals surface area contributed by atoms with Crippen molar-refractivity contribution in [3.63, 3.8) is 0 Å². The molecule has 0 aromatic heterocycles. The van der Waals surface area contributed by atoms with Crippen LogP contribution in [0.15, 0.2) is 24.3 Å². The van der Waals surface area contributed by atoms with E-state index in [-0.39, 0.29) is 6.04 Å². The van der Waals surface area contributed by atoms with Crippen molar-refractivity contribution in [2.75, 3.05) is 13.2 Å². The largest absolute Gasteiger partial charge is 0.494 e. The highest BCUT2D eigenvalue weighted by Crippen LogP contribution is 2.21. The van der Waals surface area contributed by atoms with Gasteiger partial charge in [0.1, 0.15) is 11.8 Å². The summed E-state index contributed by atoms with van der Waals surface area (Å²) in [6.45, 7) is 4.37. The van der Waals surface area contributed by atoms with E-state index in [1.54, 1.807) is 0 Å². The fourth-order valence-electron chi connectivity index (χ4n) is 2.61. The van der Waals surface area contributed by atoms with Gasteiger partial charge in [-0.1, -0.05) is 25.5 Å². The van der Waals surface area contributed by atoms with Gasteiger partial charge in [-0.05, 0) is 43.5 Å². The summed E-state index contributed by atoms with van der Waals surface area (Å²) >= 11 is 0. The van der Waals surface area contributed by atoms with E-state index in [0.717, 1.165) is 50.1 Å². The zero-order chi connectivity index (χ0) is 14.4. The molecule has 0 bridgehead atoms. The van der Waals surface area contributed by atoms with Gasteiger partial charge in [0.2, 0.25) is 0 Å². The highest BCUT2D eigenvalue weighted by molar-refractivity contribution is 5.73. The number of hydrogen-bond donors (Lipinski definition) is 1. The molecule has 1 saturated heterocycles. The molecule has 2 rings (SSSR count). The van der Waals surface area contributed by atoms with Gasteiger partial charge in [-0.3, -0.25) is 9.69 Å². The van der Waals surface area contributed by atoms with Crippen LogP contribution in [0.1, 0.15) is 38.2 Å². The Morgan fingerprint density at radius 3 is 2.75 bits per heavy atom. The third-order valence-electron chi connectivity index (χ3n) is 3.68. The molecular formula is C16H23NO3. The van der Waals surface area contributed by atoms with Crippen LogP contribution in [0.4, 0.5) is 0 Å². The Balaban J connectivity index is 1.96. The van der Waals surface area contributed by atoms with Crippen molar-refractivity contribution >= 4 is 5.97 Å². The van der Waals surface area contributed by atoms with Crippen molar-refractivity contribution in [3.8, 4) is 5.75 Å². The minimum Gasteiger partial charge on any atom is -0.494 e. The van der Waals surface area contributed by atoms with Gasteiger partial charge in [0.05, 0.1) is 6.61 Å². The highest BCUT2D eigenvalue weighted by atomic mass is 16.5. The Labute approximate surface area is 120 Å². The Bertz CT molecular complexity index is 430. The molecule has 1 aromatic carbocycles. The van der Waals surface area contributed by atoms with Crippen LogP contribution in [-0.4, -0.2) is 35.2 Å². The van der Waals surface area contributed by atoms with Crippen LogP contribution < -0.4 is 4.74 Å². The minimum absolute atomic E-state index is 0.334. The van der Waals surface area contributed by atoms with E-state index in [9.17, 15) is 9.90 Å². The van der Waals surface area contributed by atoms with Crippen molar-refractivity contribution < 1.29 is 14.6 Å². The fourth-order valence-corrected chi connectivity index (χ4v) is 2.61. The van der Waals surface area contributed by atoms with Crippen LogP contribution >= 0.6 is 0 Å². The van der Waals surface area contributed by atoms with Gasteiger partial charge in [0.15, 0.2) is 0 Å². The van der Waals surface area contributed by atoms with Crippen LogP contribution in [-0.2, 0) is 11.3 Å². The van der Waals surface area contributed by atoms with Gasteiger partial charge in [0.25, 0.3) is 0 Å². The summed E-state index contributed by atoms with van der Waals surface area (Å²) < 4.78 is 5.55. The van der Waals surface area contributed by atoms with Gasteiger partial charge >= 0.3 is 5.97 Å². The van der Waals surface area contributed by atoms with Crippen LogP contribution in [0.2, 0.25) is 0 Å². The van der Waals surface area contributed by atoms with E-state index in [1.165, 1.54) is 0 Å². The number of benzene rings is 1. The predicted molar refractivity (Wildman–Crippen MR) is 77.9 cm³/mol. The molecule has 1 N–H and O–H groups in total. The minimum atomic E-state index is -0.701. The smallest absolute Gasteiger partial charge is 0.320 e. The SMILES string of the molecule is CCCOc1ccc(CN2CCCCC2C(=O)O)cc1. The number of nitrogens with zero attached hydrogens (tertiary/aromatic N) is 1. The van der Waals surface area contributed by atoms with Crippen LogP contribution in [0.5, 0.6) is 5.75 Å². The molecule has 1 heterocycles. The second-order valence-corrected chi connectivity index (χ2v) is 5.31. The van der Waals surface area contributed by atoms with E-state index >= 15 is 0 Å². The molecule has 110 valence electrons. The lowest BCUT2D eigenvalue weighted by Gasteiger charge is -2.32. The Morgan fingerprint density at radius 1 is 1.35 bits per heavy atom. The predicted octanol–water partition coefficient (Wildman–Crippen LogP) is 2.91. The molecular weight excluding hydrogens is 254 g/mol. The molecule has 1 fully saturated rings. The third-order valence-corrected chi connectivity index (χ3v) is 3.68. The Hall–Kier alpha value is -1.55. The number of carboxylic acids is 1. The van der Waals surface area contributed by atoms with E-state index in [4.69, 9.17) is 4.74 Å². The summed E-state index contributed by atoms with van der Waals surface area (Å²) in [7, 11) is 0. The summed E-state index contributed by atoms with van der Waals surface area (Å²) in [4.78, 5) is 13.3. The van der Waals surface area contributed by atoms with Gasteiger partial charge < -0.3 is 9.84 Å². The fraction of sp³-hybridized carbons (Fsp3) is 0.562. The van der Waals surface area contributed by atoms with E-state index < -0.39 is 5.97 Å². The molecule has 4 heteroatoms. The van der Waals surface area contributed by atoms with Crippen molar-refractivity contribution in [2.45, 2.75) is 45.2 Å². The average molecular weight is 277 g/mol. The molecule has 0 aliphatic carbocycles. The zero-order valence-electron chi connectivity index (χ0n) is 12.0. The molecule has 1 unspecified atom stereocenters. The number of rotatable bonds is 6. The molecule has 20 heavy (non-hydrogen) atoms. The molecule has 1 aliphatic rings. The first-order valence-electron chi connectivity index (χ1n) is 7.39. The first kappa shape index (κ1) is 14.9. The van der Waals surface area contributed by atoms with Crippen molar-refractivity contribution in [2.24, 2.45) is 0 Å². The standard InChI is InChI=1S/C16H23NO3/c1-2-11-20-14-8-6-13(7-9-14)12-17-10-4-3-5-15(17)16(18)19/h6-9,15H,2-5,10-12H2,1H3,(H,18,19). The topological polar surface area (TPSA) is 49.8 Å². The quantitative estimate of drug-likeness (QED) is 0.868. The third kappa shape index (κ3) is 3.97. The van der Waals surface area contributed by atoms with Gasteiger partial charge in [-0.2, -0.15) is 0 Å². The maximum atomic E-state index is 11.3. The molecule has 1 aliphatic heterocycles. The number of hydrogen-bond acceptors (Lipinski definition) is 3. The van der Waals surface area contributed by atoms with E-state index in [0.29, 0.717) is 6.54 Å². The first-order chi connectivity index (χ1) is 9.70. The number of piperidine rings is 1. The number of aliphatic carboxylic acids is 1. The van der Waals surface area contributed by atoms with Crippen molar-refractivity contribution in [1.29, 1.82) is 0 Å². The normalized spacial score (nSPS) is 19.8. The Morgan fingerprint density at radius 2 is 2.10 bits per heavy atom. The first-order valence-corrected chi connectivity index (χ1v) is 7.39. The van der Waals surface area contributed by atoms with Gasteiger partial charge in [-0.15, -0.1) is 0 Å². The summed E-state index contributed by atoms with van der Waals surface area (Å²) in [5.41, 5.74) is 1.14.